The van der Waals surface area contributed by atoms with Crippen molar-refractivity contribution in [1.82, 2.24) is 5.32 Å². The largest absolute Gasteiger partial charge is 0.493 e. The molecule has 0 fully saturated rings. The monoisotopic (exact) mass is 302 g/mol. The van der Waals surface area contributed by atoms with Crippen molar-refractivity contribution in [3.8, 4) is 11.5 Å². The summed E-state index contributed by atoms with van der Waals surface area (Å²) < 4.78 is 34.1. The van der Waals surface area contributed by atoms with Crippen LogP contribution in [0.5, 0.6) is 11.5 Å². The smallest absolute Gasteiger partial charge is 0.387 e. The molecule has 1 aromatic rings. The summed E-state index contributed by atoms with van der Waals surface area (Å²) in [6.07, 6.45) is 0.170. The fourth-order valence-corrected chi connectivity index (χ4v) is 1.86. The van der Waals surface area contributed by atoms with Gasteiger partial charge in [0.1, 0.15) is 0 Å². The highest BCUT2D eigenvalue weighted by Gasteiger charge is 2.20. The zero-order valence-corrected chi connectivity index (χ0v) is 12.3. The van der Waals surface area contributed by atoms with Crippen LogP contribution in [0.4, 0.5) is 8.78 Å². The molecule has 0 aliphatic rings. The van der Waals surface area contributed by atoms with Gasteiger partial charge in [0.2, 0.25) is 5.91 Å². The zero-order chi connectivity index (χ0) is 16.0. The molecule has 1 aromatic carbocycles. The van der Waals surface area contributed by atoms with E-state index in [0.717, 1.165) is 5.56 Å². The maximum Gasteiger partial charge on any atom is 0.387 e. The average molecular weight is 302 g/mol. The maximum absolute atomic E-state index is 12.3. The number of hydrogen-bond acceptors (Lipinski definition) is 4. The Morgan fingerprint density at radius 3 is 2.57 bits per heavy atom. The summed E-state index contributed by atoms with van der Waals surface area (Å²) in [6.45, 7) is 1.12. The van der Waals surface area contributed by atoms with Gasteiger partial charge in [-0.25, -0.2) is 0 Å². The first-order valence-electron chi connectivity index (χ1n) is 6.38. The molecule has 21 heavy (non-hydrogen) atoms. The van der Waals surface area contributed by atoms with Gasteiger partial charge >= 0.3 is 6.61 Å². The van der Waals surface area contributed by atoms with Crippen molar-refractivity contribution in [1.29, 1.82) is 0 Å². The summed E-state index contributed by atoms with van der Waals surface area (Å²) in [6, 6.07) is 4.75. The summed E-state index contributed by atoms with van der Waals surface area (Å²) in [5.41, 5.74) is 5.40. The van der Waals surface area contributed by atoms with Crippen molar-refractivity contribution in [3.63, 3.8) is 0 Å². The number of methoxy groups -OCH3 is 1. The van der Waals surface area contributed by atoms with E-state index in [9.17, 15) is 13.6 Å². The Balaban J connectivity index is 2.78. The maximum atomic E-state index is 12.3. The second kappa shape index (κ2) is 7.21. The van der Waals surface area contributed by atoms with E-state index in [1.54, 1.807) is 12.1 Å². The summed E-state index contributed by atoms with van der Waals surface area (Å²) in [5.74, 6) is -0.209. The van der Waals surface area contributed by atoms with E-state index in [1.165, 1.54) is 13.2 Å². The highest BCUT2D eigenvalue weighted by Crippen LogP contribution is 2.29. The molecule has 0 aliphatic carbocycles. The van der Waals surface area contributed by atoms with Gasteiger partial charge in [-0.1, -0.05) is 6.07 Å². The molecule has 1 rings (SSSR count). The molecule has 118 valence electrons. The quantitative estimate of drug-likeness (QED) is 0.770. The molecule has 0 heterocycles. The highest BCUT2D eigenvalue weighted by molar-refractivity contribution is 5.75. The fourth-order valence-electron chi connectivity index (χ4n) is 1.86. The van der Waals surface area contributed by atoms with E-state index < -0.39 is 18.1 Å². The van der Waals surface area contributed by atoms with Crippen LogP contribution in [0.25, 0.3) is 0 Å². The Labute approximate surface area is 122 Å². The van der Waals surface area contributed by atoms with E-state index in [-0.39, 0.29) is 17.9 Å². The molecule has 0 bridgehead atoms. The Hall–Kier alpha value is -1.89. The SMILES string of the molecule is COc1ccc(CNC(C)(C)CC(N)=O)cc1OC(F)F. The zero-order valence-electron chi connectivity index (χ0n) is 12.3. The number of carbonyl (C=O) groups is 1. The summed E-state index contributed by atoms with van der Waals surface area (Å²) in [7, 11) is 1.38. The molecule has 0 saturated heterocycles. The minimum atomic E-state index is -2.92. The number of carbonyl (C=O) groups excluding carboxylic acids is 1. The van der Waals surface area contributed by atoms with Crippen LogP contribution in [0.2, 0.25) is 0 Å². The number of hydrogen-bond donors (Lipinski definition) is 2. The van der Waals surface area contributed by atoms with Gasteiger partial charge in [-0.2, -0.15) is 8.78 Å². The van der Waals surface area contributed by atoms with Crippen LogP contribution in [-0.4, -0.2) is 25.2 Å². The predicted octanol–water partition coefficient (Wildman–Crippen LogP) is 2.04. The van der Waals surface area contributed by atoms with Crippen LogP contribution >= 0.6 is 0 Å². The first kappa shape index (κ1) is 17.2. The third-order valence-electron chi connectivity index (χ3n) is 2.83. The molecule has 0 saturated carbocycles. The third kappa shape index (κ3) is 5.95. The van der Waals surface area contributed by atoms with Gasteiger partial charge in [-0.3, -0.25) is 4.79 Å². The molecule has 1 amide bonds. The highest BCUT2D eigenvalue weighted by atomic mass is 19.3. The first-order chi connectivity index (χ1) is 9.73. The van der Waals surface area contributed by atoms with Crippen LogP contribution in [0.1, 0.15) is 25.8 Å². The lowest BCUT2D eigenvalue weighted by Crippen LogP contribution is -2.42. The number of amides is 1. The van der Waals surface area contributed by atoms with E-state index in [0.29, 0.717) is 6.54 Å². The lowest BCUT2D eigenvalue weighted by molar-refractivity contribution is -0.119. The van der Waals surface area contributed by atoms with Crippen molar-refractivity contribution in [2.24, 2.45) is 5.73 Å². The minimum absolute atomic E-state index is 0.0282. The Morgan fingerprint density at radius 1 is 1.38 bits per heavy atom. The predicted molar refractivity (Wildman–Crippen MR) is 74.4 cm³/mol. The minimum Gasteiger partial charge on any atom is -0.493 e. The van der Waals surface area contributed by atoms with Gasteiger partial charge in [0, 0.05) is 18.5 Å². The van der Waals surface area contributed by atoms with Crippen molar-refractivity contribution in [3.05, 3.63) is 23.8 Å². The number of ether oxygens (including phenoxy) is 2. The van der Waals surface area contributed by atoms with E-state index >= 15 is 0 Å². The molecule has 0 spiro atoms. The third-order valence-corrected chi connectivity index (χ3v) is 2.83. The van der Waals surface area contributed by atoms with E-state index in [4.69, 9.17) is 10.5 Å². The van der Waals surface area contributed by atoms with Gasteiger partial charge in [-0.15, -0.1) is 0 Å². The summed E-state index contributed by atoms with van der Waals surface area (Å²) in [4.78, 5) is 10.9. The molecule has 0 radical (unpaired) electrons. The van der Waals surface area contributed by atoms with Crippen molar-refractivity contribution in [2.75, 3.05) is 7.11 Å². The molecule has 0 atom stereocenters. The van der Waals surface area contributed by atoms with Crippen molar-refractivity contribution < 1.29 is 23.0 Å². The number of nitrogens with two attached hydrogens (primary N) is 1. The molecule has 3 N–H and O–H groups in total. The molecular weight excluding hydrogens is 282 g/mol. The van der Waals surface area contributed by atoms with Gasteiger partial charge in [0.15, 0.2) is 11.5 Å². The van der Waals surface area contributed by atoms with E-state index in [2.05, 4.69) is 10.1 Å². The second-order valence-corrected chi connectivity index (χ2v) is 5.24. The summed E-state index contributed by atoms with van der Waals surface area (Å²) in [5, 5.41) is 3.14. The normalized spacial score (nSPS) is 11.5. The number of nitrogens with one attached hydrogen (secondary N) is 1. The van der Waals surface area contributed by atoms with Gasteiger partial charge in [0.05, 0.1) is 7.11 Å². The van der Waals surface area contributed by atoms with Crippen molar-refractivity contribution in [2.45, 2.75) is 39.0 Å². The molecule has 0 unspecified atom stereocenters. The number of rotatable bonds is 8. The summed E-state index contributed by atoms with van der Waals surface area (Å²) >= 11 is 0. The Kier molecular flexibility index (Phi) is 5.90. The second-order valence-electron chi connectivity index (χ2n) is 5.24. The first-order valence-corrected chi connectivity index (χ1v) is 6.38. The van der Waals surface area contributed by atoms with Gasteiger partial charge in [0.25, 0.3) is 0 Å². The van der Waals surface area contributed by atoms with Crippen LogP contribution < -0.4 is 20.5 Å². The Morgan fingerprint density at radius 2 is 2.05 bits per heavy atom. The molecule has 0 aliphatic heterocycles. The van der Waals surface area contributed by atoms with Crippen molar-refractivity contribution >= 4 is 5.91 Å². The standard InChI is InChI=1S/C14H20F2N2O3/c1-14(2,7-12(17)19)18-8-9-4-5-10(20-3)11(6-9)21-13(15)16/h4-6,13,18H,7-8H2,1-3H3,(H2,17,19). The fraction of sp³-hybridized carbons (Fsp3) is 0.500. The molecule has 7 heteroatoms. The number of alkyl halides is 2. The average Bonchev–Trinajstić information content (AvgIpc) is 2.34. The Bertz CT molecular complexity index is 493. The van der Waals surface area contributed by atoms with Crippen LogP contribution in [0, 0.1) is 0 Å². The van der Waals surface area contributed by atoms with E-state index in [1.807, 2.05) is 13.8 Å². The lowest BCUT2D eigenvalue weighted by Gasteiger charge is -2.25. The molecule has 5 nitrogen and oxygen atoms in total. The number of primary amides is 1. The van der Waals surface area contributed by atoms with Crippen LogP contribution in [-0.2, 0) is 11.3 Å². The molecular formula is C14H20F2N2O3. The lowest BCUT2D eigenvalue weighted by atomic mass is 10.00. The number of benzene rings is 1. The van der Waals surface area contributed by atoms with Crippen LogP contribution in [0.15, 0.2) is 18.2 Å². The molecule has 0 aromatic heterocycles. The van der Waals surface area contributed by atoms with Crippen LogP contribution in [0.3, 0.4) is 0 Å². The topological polar surface area (TPSA) is 73.6 Å². The van der Waals surface area contributed by atoms with Gasteiger partial charge in [-0.05, 0) is 31.5 Å². The van der Waals surface area contributed by atoms with Gasteiger partial charge < -0.3 is 20.5 Å². The number of halogens is 2.